The van der Waals surface area contributed by atoms with Crippen molar-refractivity contribution in [1.29, 1.82) is 0 Å². The van der Waals surface area contributed by atoms with Crippen molar-refractivity contribution in [3.05, 3.63) is 29.8 Å². The molecule has 98 valence electrons. The summed E-state index contributed by atoms with van der Waals surface area (Å²) in [5.74, 6) is -0.703. The van der Waals surface area contributed by atoms with Gasteiger partial charge in [0.15, 0.2) is 0 Å². The predicted octanol–water partition coefficient (Wildman–Crippen LogP) is 1.56. The molecule has 0 aliphatic carbocycles. The van der Waals surface area contributed by atoms with Crippen LogP contribution in [0.4, 0.5) is 0 Å². The van der Waals surface area contributed by atoms with Crippen LogP contribution in [0.2, 0.25) is 0 Å². The molecule has 1 aromatic rings. The lowest BCUT2D eigenvalue weighted by Crippen LogP contribution is -2.19. The predicted molar refractivity (Wildman–Crippen MR) is 64.1 cm³/mol. The summed E-state index contributed by atoms with van der Waals surface area (Å²) in [6, 6.07) is 5.68. The number of esters is 1. The Kier molecular flexibility index (Phi) is 3.89. The van der Waals surface area contributed by atoms with Crippen molar-refractivity contribution in [2.24, 2.45) is 0 Å². The Morgan fingerprint density at radius 1 is 1.39 bits per heavy atom. The first-order valence-electron chi connectivity index (χ1n) is 5.31. The minimum absolute atomic E-state index is 0.0561. The van der Waals surface area contributed by atoms with Crippen molar-refractivity contribution in [1.82, 2.24) is 0 Å². The number of carbonyl (C=O) groups is 1. The second-order valence-corrected chi connectivity index (χ2v) is 6.36. The van der Waals surface area contributed by atoms with E-state index in [1.54, 1.807) is 6.07 Å². The fourth-order valence-electron chi connectivity index (χ4n) is 1.67. The molecule has 0 aromatic heterocycles. The maximum atomic E-state index is 11.9. The van der Waals surface area contributed by atoms with Crippen molar-refractivity contribution >= 4 is 25.7 Å². The summed E-state index contributed by atoms with van der Waals surface area (Å²) >= 11 is 0. The molecule has 0 bridgehead atoms. The number of hydrogen-bond donors (Lipinski definition) is 0. The van der Waals surface area contributed by atoms with E-state index >= 15 is 0 Å². The maximum absolute atomic E-state index is 11.9. The Morgan fingerprint density at radius 3 is 2.72 bits per heavy atom. The molecule has 0 radical (unpaired) electrons. The summed E-state index contributed by atoms with van der Waals surface area (Å²) in [7, 11) is 1.29. The van der Waals surface area contributed by atoms with Crippen LogP contribution >= 0.6 is 10.7 Å². The average Bonchev–Trinajstić information content (AvgIpc) is 2.80. The largest absolute Gasteiger partial charge is 0.456 e. The summed E-state index contributed by atoms with van der Waals surface area (Å²) in [5, 5.41) is 0. The van der Waals surface area contributed by atoms with Gasteiger partial charge in [0, 0.05) is 17.1 Å². The van der Waals surface area contributed by atoms with Gasteiger partial charge in [-0.2, -0.15) is 0 Å². The van der Waals surface area contributed by atoms with Gasteiger partial charge in [-0.3, -0.25) is 0 Å². The zero-order valence-corrected chi connectivity index (χ0v) is 10.9. The summed E-state index contributed by atoms with van der Waals surface area (Å²) in [5.41, 5.74) is -0.0561. The number of rotatable bonds is 3. The first-order valence-corrected chi connectivity index (χ1v) is 7.62. The monoisotopic (exact) mass is 290 g/mol. The molecule has 2 rings (SSSR count). The van der Waals surface area contributed by atoms with Crippen LogP contribution in [0.25, 0.3) is 0 Å². The second kappa shape index (κ2) is 5.26. The lowest BCUT2D eigenvalue weighted by atomic mass is 10.2. The highest BCUT2D eigenvalue weighted by atomic mass is 35.7. The Balaban J connectivity index is 2.24. The van der Waals surface area contributed by atoms with Gasteiger partial charge < -0.3 is 9.47 Å². The van der Waals surface area contributed by atoms with Gasteiger partial charge in [-0.1, -0.05) is 12.1 Å². The molecule has 18 heavy (non-hydrogen) atoms. The summed E-state index contributed by atoms with van der Waals surface area (Å²) in [4.78, 5) is 11.6. The molecule has 1 aliphatic rings. The first-order chi connectivity index (χ1) is 8.48. The number of halogens is 1. The highest BCUT2D eigenvalue weighted by Crippen LogP contribution is 2.21. The minimum atomic E-state index is -3.97. The Morgan fingerprint density at radius 2 is 2.11 bits per heavy atom. The number of hydrogen-bond acceptors (Lipinski definition) is 5. The summed E-state index contributed by atoms with van der Waals surface area (Å²) in [6.45, 7) is 0.870. The normalized spacial score (nSPS) is 19.7. The molecular formula is C11H11ClO5S. The van der Waals surface area contributed by atoms with E-state index in [0.717, 1.165) is 0 Å². The zero-order valence-electron chi connectivity index (χ0n) is 9.34. The van der Waals surface area contributed by atoms with E-state index in [1.807, 2.05) is 0 Å². The van der Waals surface area contributed by atoms with Gasteiger partial charge in [0.2, 0.25) is 0 Å². The van der Waals surface area contributed by atoms with Crippen molar-refractivity contribution in [3.8, 4) is 0 Å². The fraction of sp³-hybridized carbons (Fsp3) is 0.364. The lowest BCUT2D eigenvalue weighted by Gasteiger charge is -2.11. The van der Waals surface area contributed by atoms with Crippen LogP contribution in [0.5, 0.6) is 0 Å². The van der Waals surface area contributed by atoms with Gasteiger partial charge in [-0.15, -0.1) is 0 Å². The molecule has 1 unspecified atom stereocenters. The molecule has 1 atom stereocenters. The Hall–Kier alpha value is -1.11. The van der Waals surface area contributed by atoms with Gasteiger partial charge in [-0.25, -0.2) is 13.2 Å². The third kappa shape index (κ3) is 3.01. The van der Waals surface area contributed by atoms with Crippen LogP contribution in [-0.4, -0.2) is 33.7 Å². The molecule has 1 aliphatic heterocycles. The molecule has 5 nitrogen and oxygen atoms in total. The Labute approximate surface area is 109 Å². The third-order valence-electron chi connectivity index (χ3n) is 2.53. The minimum Gasteiger partial charge on any atom is -0.456 e. The summed E-state index contributed by atoms with van der Waals surface area (Å²) < 4.78 is 32.9. The van der Waals surface area contributed by atoms with Gasteiger partial charge in [0.25, 0.3) is 9.05 Å². The fourth-order valence-corrected chi connectivity index (χ4v) is 2.73. The molecule has 1 heterocycles. The number of benzene rings is 1. The molecule has 1 saturated heterocycles. The van der Waals surface area contributed by atoms with Crippen molar-refractivity contribution in [2.45, 2.75) is 17.4 Å². The van der Waals surface area contributed by atoms with Gasteiger partial charge in [-0.05, 0) is 12.1 Å². The van der Waals surface area contributed by atoms with Crippen molar-refractivity contribution < 1.29 is 22.7 Å². The number of ether oxygens (including phenoxy) is 2. The van der Waals surface area contributed by atoms with Crippen LogP contribution in [0.15, 0.2) is 29.2 Å². The quantitative estimate of drug-likeness (QED) is 0.624. The van der Waals surface area contributed by atoms with Crippen LogP contribution in [0, 0.1) is 0 Å². The van der Waals surface area contributed by atoms with Crippen LogP contribution < -0.4 is 0 Å². The van der Waals surface area contributed by atoms with E-state index in [2.05, 4.69) is 0 Å². The van der Waals surface area contributed by atoms with Gasteiger partial charge >= 0.3 is 5.97 Å². The molecule has 0 amide bonds. The first kappa shape index (κ1) is 13.3. The molecule has 1 fully saturated rings. The van der Waals surface area contributed by atoms with Crippen LogP contribution in [0.3, 0.4) is 0 Å². The van der Waals surface area contributed by atoms with Crippen LogP contribution in [-0.2, 0) is 18.5 Å². The van der Waals surface area contributed by atoms with Crippen molar-refractivity contribution in [2.75, 3.05) is 13.2 Å². The molecule has 7 heteroatoms. The Bertz CT molecular complexity index is 548. The molecule has 0 spiro atoms. The van der Waals surface area contributed by atoms with E-state index in [-0.39, 0.29) is 16.6 Å². The maximum Gasteiger partial charge on any atom is 0.339 e. The molecule has 0 N–H and O–H groups in total. The molecular weight excluding hydrogens is 280 g/mol. The number of carbonyl (C=O) groups excluding carboxylic acids is 1. The van der Waals surface area contributed by atoms with Crippen molar-refractivity contribution in [3.63, 3.8) is 0 Å². The average molecular weight is 291 g/mol. The van der Waals surface area contributed by atoms with Crippen LogP contribution in [0.1, 0.15) is 16.8 Å². The molecule has 1 aromatic carbocycles. The van der Waals surface area contributed by atoms with E-state index in [1.165, 1.54) is 18.2 Å². The zero-order chi connectivity index (χ0) is 13.2. The molecule has 0 saturated carbocycles. The lowest BCUT2D eigenvalue weighted by molar-refractivity contribution is 0.0266. The second-order valence-electron chi connectivity index (χ2n) is 3.82. The smallest absolute Gasteiger partial charge is 0.339 e. The van der Waals surface area contributed by atoms with Gasteiger partial charge in [0.1, 0.15) is 6.10 Å². The third-order valence-corrected chi connectivity index (χ3v) is 3.91. The van der Waals surface area contributed by atoms with E-state index in [0.29, 0.717) is 19.6 Å². The SMILES string of the molecule is O=C(OC1CCOC1)c1ccccc1S(=O)(=O)Cl. The van der Waals surface area contributed by atoms with E-state index in [4.69, 9.17) is 20.2 Å². The standard InChI is InChI=1S/C11H11ClO5S/c12-18(14,15)10-4-2-1-3-9(10)11(13)17-8-5-6-16-7-8/h1-4,8H,5-7H2. The van der Waals surface area contributed by atoms with E-state index in [9.17, 15) is 13.2 Å². The topological polar surface area (TPSA) is 69.7 Å². The highest BCUT2D eigenvalue weighted by Gasteiger charge is 2.25. The van der Waals surface area contributed by atoms with E-state index < -0.39 is 15.0 Å². The van der Waals surface area contributed by atoms with Gasteiger partial charge in [0.05, 0.1) is 23.7 Å². The highest BCUT2D eigenvalue weighted by molar-refractivity contribution is 8.13. The summed E-state index contributed by atoms with van der Waals surface area (Å²) in [6.07, 6.45) is 0.283.